The van der Waals surface area contributed by atoms with Crippen LogP contribution in [0.25, 0.3) is 0 Å². The molecule has 0 spiro atoms. The fourth-order valence-corrected chi connectivity index (χ4v) is 2.45. The van der Waals surface area contributed by atoms with Gasteiger partial charge in [-0.2, -0.15) is 0 Å². The maximum atomic E-state index is 6.18. The van der Waals surface area contributed by atoms with Crippen LogP contribution in [0.1, 0.15) is 52.0 Å². The third-order valence-electron chi connectivity index (χ3n) is 4.67. The Kier molecular flexibility index (Phi) is 2.74. The molecule has 1 saturated heterocycles. The summed E-state index contributed by atoms with van der Waals surface area (Å²) in [5.74, 6) is 0.717. The molecule has 0 bridgehead atoms. The Hall–Kier alpha value is -0.995. The first kappa shape index (κ1) is 13.0. The Labute approximate surface area is 115 Å². The molecule has 1 saturated carbocycles. The molecule has 102 valence electrons. The minimum atomic E-state index is -0.363. The van der Waals surface area contributed by atoms with E-state index in [1.807, 2.05) is 0 Å². The van der Waals surface area contributed by atoms with Crippen molar-refractivity contribution in [1.82, 2.24) is 0 Å². The van der Waals surface area contributed by atoms with E-state index in [4.69, 9.17) is 15.0 Å². The summed E-state index contributed by atoms with van der Waals surface area (Å²) in [6.45, 7) is 8.23. The van der Waals surface area contributed by atoms with E-state index in [-0.39, 0.29) is 18.3 Å². The van der Waals surface area contributed by atoms with E-state index in [1.165, 1.54) is 18.4 Å². The van der Waals surface area contributed by atoms with Crippen molar-refractivity contribution in [2.24, 2.45) is 0 Å². The summed E-state index contributed by atoms with van der Waals surface area (Å²) in [4.78, 5) is 0. The molecular formula is C15H22BNO2. The van der Waals surface area contributed by atoms with Gasteiger partial charge in [0.25, 0.3) is 0 Å². The average Bonchev–Trinajstić information content (AvgIpc) is 3.07. The molecule has 1 heterocycles. The first-order chi connectivity index (χ1) is 8.80. The molecule has 3 nitrogen and oxygen atoms in total. The number of nitrogens with two attached hydrogens (primary N) is 1. The van der Waals surface area contributed by atoms with Crippen molar-refractivity contribution in [3.8, 4) is 0 Å². The molecule has 0 radical (unpaired) electrons. The van der Waals surface area contributed by atoms with Gasteiger partial charge in [-0.1, -0.05) is 12.1 Å². The summed E-state index contributed by atoms with van der Waals surface area (Å²) in [7, 11) is -0.363. The van der Waals surface area contributed by atoms with Gasteiger partial charge in [0.1, 0.15) is 0 Å². The van der Waals surface area contributed by atoms with Gasteiger partial charge in [0.2, 0.25) is 0 Å². The monoisotopic (exact) mass is 259 g/mol. The van der Waals surface area contributed by atoms with Gasteiger partial charge in [-0.3, -0.25) is 0 Å². The smallest absolute Gasteiger partial charge is 0.399 e. The summed E-state index contributed by atoms with van der Waals surface area (Å²) >= 11 is 0. The second kappa shape index (κ2) is 4.00. The highest BCUT2D eigenvalue weighted by Gasteiger charge is 2.52. The predicted octanol–water partition coefficient (Wildman–Crippen LogP) is 2.45. The molecule has 19 heavy (non-hydrogen) atoms. The quantitative estimate of drug-likeness (QED) is 0.655. The zero-order valence-electron chi connectivity index (χ0n) is 12.2. The molecule has 1 aromatic rings. The van der Waals surface area contributed by atoms with E-state index in [2.05, 4.69) is 45.9 Å². The molecule has 2 N–H and O–H groups in total. The van der Waals surface area contributed by atoms with E-state index in [9.17, 15) is 0 Å². The molecule has 2 fully saturated rings. The SMILES string of the molecule is CC1(C)OB(c2ccc(C3CC3)cc2N)OC1(C)C. The van der Waals surface area contributed by atoms with Crippen molar-refractivity contribution >= 4 is 18.3 Å². The number of anilines is 1. The fraction of sp³-hybridized carbons (Fsp3) is 0.600. The number of nitrogen functional groups attached to an aromatic ring is 1. The lowest BCUT2D eigenvalue weighted by molar-refractivity contribution is 0.00578. The Morgan fingerprint density at radius 3 is 2.16 bits per heavy atom. The van der Waals surface area contributed by atoms with Gasteiger partial charge in [-0.05, 0) is 58.1 Å². The minimum Gasteiger partial charge on any atom is -0.399 e. The second-order valence-electron chi connectivity index (χ2n) is 6.75. The van der Waals surface area contributed by atoms with E-state index in [1.54, 1.807) is 0 Å². The van der Waals surface area contributed by atoms with Crippen LogP contribution in [0.3, 0.4) is 0 Å². The lowest BCUT2D eigenvalue weighted by atomic mass is 9.77. The molecule has 1 aliphatic carbocycles. The number of rotatable bonds is 2. The van der Waals surface area contributed by atoms with E-state index < -0.39 is 0 Å². The van der Waals surface area contributed by atoms with Crippen LogP contribution in [-0.2, 0) is 9.31 Å². The maximum absolute atomic E-state index is 6.18. The van der Waals surface area contributed by atoms with Crippen LogP contribution in [0, 0.1) is 0 Å². The minimum absolute atomic E-state index is 0.320. The first-order valence-electron chi connectivity index (χ1n) is 7.05. The lowest BCUT2D eigenvalue weighted by Gasteiger charge is -2.32. The topological polar surface area (TPSA) is 44.5 Å². The van der Waals surface area contributed by atoms with E-state index in [0.717, 1.165) is 17.1 Å². The van der Waals surface area contributed by atoms with Crippen LogP contribution in [0.15, 0.2) is 18.2 Å². The van der Waals surface area contributed by atoms with Crippen LogP contribution < -0.4 is 11.2 Å². The number of hydrogen-bond acceptors (Lipinski definition) is 3. The fourth-order valence-electron chi connectivity index (χ4n) is 2.45. The van der Waals surface area contributed by atoms with Gasteiger partial charge in [0.15, 0.2) is 0 Å². The Morgan fingerprint density at radius 1 is 1.11 bits per heavy atom. The van der Waals surface area contributed by atoms with Crippen LogP contribution >= 0.6 is 0 Å². The van der Waals surface area contributed by atoms with Crippen molar-refractivity contribution in [3.63, 3.8) is 0 Å². The zero-order valence-corrected chi connectivity index (χ0v) is 12.2. The summed E-state index contributed by atoms with van der Waals surface area (Å²) in [5.41, 5.74) is 8.62. The molecule has 0 aromatic heterocycles. The van der Waals surface area contributed by atoms with Crippen molar-refractivity contribution in [2.75, 3.05) is 5.73 Å². The highest BCUT2D eigenvalue weighted by atomic mass is 16.7. The molecular weight excluding hydrogens is 237 g/mol. The number of benzene rings is 1. The van der Waals surface area contributed by atoms with Gasteiger partial charge < -0.3 is 15.0 Å². The van der Waals surface area contributed by atoms with Gasteiger partial charge in [0, 0.05) is 11.2 Å². The molecule has 3 rings (SSSR count). The zero-order chi connectivity index (χ0) is 13.8. The number of hydrogen-bond donors (Lipinski definition) is 1. The highest BCUT2D eigenvalue weighted by Crippen LogP contribution is 2.41. The van der Waals surface area contributed by atoms with Gasteiger partial charge in [-0.25, -0.2) is 0 Å². The van der Waals surface area contributed by atoms with Crippen LogP contribution in [0.5, 0.6) is 0 Å². The lowest BCUT2D eigenvalue weighted by Crippen LogP contribution is -2.41. The van der Waals surface area contributed by atoms with Crippen LogP contribution in [0.2, 0.25) is 0 Å². The summed E-state index contributed by atoms with van der Waals surface area (Å²) in [6.07, 6.45) is 2.57. The summed E-state index contributed by atoms with van der Waals surface area (Å²) in [5, 5.41) is 0. The molecule has 2 aliphatic rings. The first-order valence-corrected chi connectivity index (χ1v) is 7.05. The molecule has 0 atom stereocenters. The second-order valence-corrected chi connectivity index (χ2v) is 6.75. The van der Waals surface area contributed by atoms with Gasteiger partial charge in [0.05, 0.1) is 11.2 Å². The van der Waals surface area contributed by atoms with E-state index >= 15 is 0 Å². The molecule has 0 unspecified atom stereocenters. The molecule has 0 amide bonds. The predicted molar refractivity (Wildman–Crippen MR) is 78.5 cm³/mol. The molecule has 4 heteroatoms. The van der Waals surface area contributed by atoms with Crippen molar-refractivity contribution < 1.29 is 9.31 Å². The normalized spacial score (nSPS) is 24.7. The highest BCUT2D eigenvalue weighted by molar-refractivity contribution is 6.63. The average molecular weight is 259 g/mol. The Bertz CT molecular complexity index is 493. The Morgan fingerprint density at radius 2 is 1.68 bits per heavy atom. The molecule has 1 aliphatic heterocycles. The largest absolute Gasteiger partial charge is 0.496 e. The maximum Gasteiger partial charge on any atom is 0.496 e. The van der Waals surface area contributed by atoms with Gasteiger partial charge >= 0.3 is 7.12 Å². The standard InChI is InChI=1S/C15H22BNO2/c1-14(2)15(3,4)19-16(18-14)12-8-7-11(9-13(12)17)10-5-6-10/h7-10H,5-6,17H2,1-4H3. The third kappa shape index (κ3) is 2.17. The summed E-state index contributed by atoms with van der Waals surface area (Å²) in [6, 6.07) is 6.30. The molecule has 1 aromatic carbocycles. The van der Waals surface area contributed by atoms with Crippen LogP contribution in [0.4, 0.5) is 5.69 Å². The van der Waals surface area contributed by atoms with E-state index in [0.29, 0.717) is 0 Å². The van der Waals surface area contributed by atoms with Crippen molar-refractivity contribution in [1.29, 1.82) is 0 Å². The summed E-state index contributed by atoms with van der Waals surface area (Å²) < 4.78 is 12.1. The van der Waals surface area contributed by atoms with Crippen LogP contribution in [-0.4, -0.2) is 18.3 Å². The van der Waals surface area contributed by atoms with Gasteiger partial charge in [-0.15, -0.1) is 0 Å². The van der Waals surface area contributed by atoms with Crippen molar-refractivity contribution in [2.45, 2.75) is 57.7 Å². The van der Waals surface area contributed by atoms with Crippen molar-refractivity contribution in [3.05, 3.63) is 23.8 Å². The third-order valence-corrected chi connectivity index (χ3v) is 4.67. The Balaban J connectivity index is 1.87.